The van der Waals surface area contributed by atoms with Gasteiger partial charge in [-0.25, -0.2) is 4.39 Å². The zero-order valence-corrected chi connectivity index (χ0v) is 16.0. The maximum atomic E-state index is 14.0. The van der Waals surface area contributed by atoms with E-state index in [2.05, 4.69) is 22.2 Å². The largest absolute Gasteiger partial charge is 0.353 e. The van der Waals surface area contributed by atoms with Gasteiger partial charge in [0.1, 0.15) is 5.82 Å². The second-order valence-electron chi connectivity index (χ2n) is 8.00. The Balaban J connectivity index is 1.33. The summed E-state index contributed by atoms with van der Waals surface area (Å²) in [6.45, 7) is 4.82. The SMILES string of the molecule is C[C@@H]1C[C@@H]1C(=O)NC1CCN(Cc2cc(-c3ccccc3F)nn2C)CC1. The van der Waals surface area contributed by atoms with Crippen LogP contribution in [0.2, 0.25) is 0 Å². The Labute approximate surface area is 159 Å². The highest BCUT2D eigenvalue weighted by Gasteiger charge is 2.39. The third-order valence-corrected chi connectivity index (χ3v) is 5.89. The number of aryl methyl sites for hydroxylation is 1. The highest BCUT2D eigenvalue weighted by Crippen LogP contribution is 2.37. The number of nitrogens with one attached hydrogen (secondary N) is 1. The van der Waals surface area contributed by atoms with Crippen LogP contribution >= 0.6 is 0 Å². The summed E-state index contributed by atoms with van der Waals surface area (Å²) in [7, 11) is 1.91. The predicted molar refractivity (Wildman–Crippen MR) is 102 cm³/mol. The van der Waals surface area contributed by atoms with Crippen LogP contribution in [0.5, 0.6) is 0 Å². The first-order valence-corrected chi connectivity index (χ1v) is 9.82. The number of rotatable bonds is 5. The molecule has 1 N–H and O–H groups in total. The number of benzene rings is 1. The number of carbonyl (C=O) groups is 1. The molecule has 6 heteroatoms. The predicted octanol–water partition coefficient (Wildman–Crippen LogP) is 2.96. The summed E-state index contributed by atoms with van der Waals surface area (Å²) in [5, 5.41) is 7.70. The molecule has 2 heterocycles. The van der Waals surface area contributed by atoms with E-state index in [9.17, 15) is 9.18 Å². The summed E-state index contributed by atoms with van der Waals surface area (Å²) in [4.78, 5) is 14.5. The van der Waals surface area contributed by atoms with Crippen molar-refractivity contribution in [3.63, 3.8) is 0 Å². The lowest BCUT2D eigenvalue weighted by atomic mass is 10.0. The quantitative estimate of drug-likeness (QED) is 0.880. The first-order valence-electron chi connectivity index (χ1n) is 9.82. The van der Waals surface area contributed by atoms with Crippen molar-refractivity contribution in [1.29, 1.82) is 0 Å². The Kier molecular flexibility index (Phi) is 5.00. The van der Waals surface area contributed by atoms with Gasteiger partial charge in [-0.05, 0) is 43.4 Å². The van der Waals surface area contributed by atoms with E-state index in [1.165, 1.54) is 6.07 Å². The molecular weight excluding hydrogens is 343 g/mol. The number of piperidine rings is 1. The molecule has 2 aliphatic rings. The van der Waals surface area contributed by atoms with Crippen LogP contribution in [0.25, 0.3) is 11.3 Å². The molecule has 1 aliphatic carbocycles. The number of aromatic nitrogens is 2. The molecule has 5 nitrogen and oxygen atoms in total. The van der Waals surface area contributed by atoms with Crippen LogP contribution in [0.3, 0.4) is 0 Å². The third-order valence-electron chi connectivity index (χ3n) is 5.89. The number of likely N-dealkylation sites (tertiary alicyclic amines) is 1. The van der Waals surface area contributed by atoms with Gasteiger partial charge in [-0.3, -0.25) is 14.4 Å². The molecule has 27 heavy (non-hydrogen) atoms. The molecule has 2 aromatic rings. The Morgan fingerprint density at radius 1 is 1.30 bits per heavy atom. The first kappa shape index (κ1) is 18.2. The number of nitrogens with zero attached hydrogens (tertiary/aromatic N) is 3. The summed E-state index contributed by atoms with van der Waals surface area (Å²) in [5.41, 5.74) is 2.28. The molecule has 144 valence electrons. The van der Waals surface area contributed by atoms with Gasteiger partial charge in [-0.1, -0.05) is 19.1 Å². The molecule has 1 amide bonds. The van der Waals surface area contributed by atoms with Gasteiger partial charge >= 0.3 is 0 Å². The lowest BCUT2D eigenvalue weighted by Crippen LogP contribution is -2.45. The third kappa shape index (κ3) is 4.05. The molecule has 0 unspecified atom stereocenters. The van der Waals surface area contributed by atoms with Crippen LogP contribution in [0.1, 0.15) is 31.9 Å². The molecule has 1 saturated heterocycles. The fourth-order valence-corrected chi connectivity index (χ4v) is 3.91. The van der Waals surface area contributed by atoms with E-state index in [0.29, 0.717) is 23.2 Å². The minimum Gasteiger partial charge on any atom is -0.353 e. The molecule has 2 fully saturated rings. The molecule has 1 saturated carbocycles. The zero-order valence-electron chi connectivity index (χ0n) is 16.0. The first-order chi connectivity index (χ1) is 13.0. The van der Waals surface area contributed by atoms with Crippen molar-refractivity contribution in [3.05, 3.63) is 41.8 Å². The lowest BCUT2D eigenvalue weighted by Gasteiger charge is -2.32. The van der Waals surface area contributed by atoms with Gasteiger partial charge in [0.15, 0.2) is 0 Å². The molecule has 4 rings (SSSR count). The van der Waals surface area contributed by atoms with E-state index < -0.39 is 0 Å². The maximum Gasteiger partial charge on any atom is 0.223 e. The Bertz CT molecular complexity index is 825. The van der Waals surface area contributed by atoms with Gasteiger partial charge < -0.3 is 5.32 Å². The topological polar surface area (TPSA) is 50.2 Å². The standard InChI is InChI=1S/C21H27FN4O/c1-14-11-18(14)21(27)23-15-7-9-26(10-8-15)13-16-12-20(24-25(16)2)17-5-3-4-6-19(17)22/h3-6,12,14-15,18H,7-11,13H2,1-2H3,(H,23,27)/t14-,18+/m1/s1. The molecule has 0 radical (unpaired) electrons. The number of halogens is 1. The van der Waals surface area contributed by atoms with Crippen LogP contribution in [-0.4, -0.2) is 39.7 Å². The van der Waals surface area contributed by atoms with Crippen LogP contribution in [0, 0.1) is 17.7 Å². The van der Waals surface area contributed by atoms with Crippen molar-refractivity contribution in [2.24, 2.45) is 18.9 Å². The average Bonchev–Trinajstić information content (AvgIpc) is 3.28. The fraction of sp³-hybridized carbons (Fsp3) is 0.524. The van der Waals surface area contributed by atoms with E-state index in [4.69, 9.17) is 0 Å². The van der Waals surface area contributed by atoms with Gasteiger partial charge in [-0.15, -0.1) is 0 Å². The molecule has 1 aromatic carbocycles. The van der Waals surface area contributed by atoms with Crippen molar-refractivity contribution in [2.75, 3.05) is 13.1 Å². The summed E-state index contributed by atoms with van der Waals surface area (Å²) in [5.74, 6) is 0.790. The van der Waals surface area contributed by atoms with E-state index in [1.807, 2.05) is 23.9 Å². The van der Waals surface area contributed by atoms with Crippen LogP contribution < -0.4 is 5.32 Å². The molecule has 1 aromatic heterocycles. The molecule has 0 bridgehead atoms. The van der Waals surface area contributed by atoms with Crippen molar-refractivity contribution in [3.8, 4) is 11.3 Å². The van der Waals surface area contributed by atoms with Crippen molar-refractivity contribution in [1.82, 2.24) is 20.0 Å². The average molecular weight is 370 g/mol. The number of carbonyl (C=O) groups excluding carboxylic acids is 1. The molecular formula is C21H27FN4O. The number of hydrogen-bond donors (Lipinski definition) is 1. The zero-order chi connectivity index (χ0) is 19.0. The normalized spacial score (nSPS) is 23.4. The van der Waals surface area contributed by atoms with Gasteiger partial charge in [0.05, 0.1) is 11.4 Å². The lowest BCUT2D eigenvalue weighted by molar-refractivity contribution is -0.123. The molecule has 2 atom stereocenters. The van der Waals surface area contributed by atoms with Crippen molar-refractivity contribution in [2.45, 2.75) is 38.8 Å². The van der Waals surface area contributed by atoms with Crippen LogP contribution in [0.4, 0.5) is 4.39 Å². The molecule has 0 spiro atoms. The minimum atomic E-state index is -0.247. The van der Waals surface area contributed by atoms with Gasteiger partial charge in [0.2, 0.25) is 5.91 Å². The van der Waals surface area contributed by atoms with Crippen LogP contribution in [-0.2, 0) is 18.4 Å². The van der Waals surface area contributed by atoms with Crippen molar-refractivity contribution >= 4 is 5.91 Å². The molecule has 1 aliphatic heterocycles. The summed E-state index contributed by atoms with van der Waals surface area (Å²) in [6, 6.07) is 9.01. The Hall–Kier alpha value is -2.21. The highest BCUT2D eigenvalue weighted by atomic mass is 19.1. The van der Waals surface area contributed by atoms with E-state index in [1.54, 1.807) is 12.1 Å². The van der Waals surface area contributed by atoms with E-state index in [0.717, 1.165) is 44.6 Å². The number of hydrogen-bond acceptors (Lipinski definition) is 3. The van der Waals surface area contributed by atoms with Crippen LogP contribution in [0.15, 0.2) is 30.3 Å². The monoisotopic (exact) mass is 370 g/mol. The van der Waals surface area contributed by atoms with E-state index >= 15 is 0 Å². The van der Waals surface area contributed by atoms with Gasteiger partial charge in [-0.2, -0.15) is 5.10 Å². The maximum absolute atomic E-state index is 14.0. The minimum absolute atomic E-state index is 0.238. The van der Waals surface area contributed by atoms with E-state index in [-0.39, 0.29) is 17.6 Å². The summed E-state index contributed by atoms with van der Waals surface area (Å²) >= 11 is 0. The smallest absolute Gasteiger partial charge is 0.223 e. The van der Waals surface area contributed by atoms with Gasteiger partial charge in [0.25, 0.3) is 0 Å². The fourth-order valence-electron chi connectivity index (χ4n) is 3.91. The second-order valence-corrected chi connectivity index (χ2v) is 8.00. The van der Waals surface area contributed by atoms with Gasteiger partial charge in [0, 0.05) is 44.2 Å². The highest BCUT2D eigenvalue weighted by molar-refractivity contribution is 5.81. The Morgan fingerprint density at radius 2 is 2.00 bits per heavy atom. The number of amides is 1. The van der Waals surface area contributed by atoms with Crippen molar-refractivity contribution < 1.29 is 9.18 Å². The summed E-state index contributed by atoms with van der Waals surface area (Å²) in [6.07, 6.45) is 2.99. The summed E-state index contributed by atoms with van der Waals surface area (Å²) < 4.78 is 15.9. The Morgan fingerprint density at radius 3 is 2.67 bits per heavy atom. The second kappa shape index (κ2) is 7.43.